The van der Waals surface area contributed by atoms with Crippen LogP contribution in [0.4, 0.5) is 20.6 Å². The molecule has 1 fully saturated rings. The van der Waals surface area contributed by atoms with E-state index in [1.807, 2.05) is 0 Å². The molecule has 7 heteroatoms. The fraction of sp³-hybridized carbons (Fsp3) is 0.222. The average molecular weight is 362 g/mol. The molecule has 2 aromatic rings. The van der Waals surface area contributed by atoms with Crippen LogP contribution in [0.5, 0.6) is 0 Å². The van der Waals surface area contributed by atoms with Gasteiger partial charge < -0.3 is 15.5 Å². The van der Waals surface area contributed by atoms with Gasteiger partial charge in [-0.1, -0.05) is 23.7 Å². The minimum absolute atomic E-state index is 0.222. The maximum absolute atomic E-state index is 13.4. The number of carbonyl (C=O) groups excluding carboxylic acids is 2. The van der Waals surface area contributed by atoms with Gasteiger partial charge >= 0.3 is 6.03 Å². The number of rotatable bonds is 3. The first-order chi connectivity index (χ1) is 12.0. The minimum Gasteiger partial charge on any atom is -0.326 e. The lowest BCUT2D eigenvalue weighted by Crippen LogP contribution is -2.43. The third-order valence-corrected chi connectivity index (χ3v) is 4.42. The molecule has 25 heavy (non-hydrogen) atoms. The summed E-state index contributed by atoms with van der Waals surface area (Å²) in [5.41, 5.74) is 1.57. The van der Waals surface area contributed by atoms with Gasteiger partial charge in [0, 0.05) is 12.2 Å². The molecule has 3 amide bonds. The second kappa shape index (κ2) is 7.11. The van der Waals surface area contributed by atoms with E-state index in [-0.39, 0.29) is 11.7 Å². The van der Waals surface area contributed by atoms with Gasteiger partial charge in [-0.05, 0) is 49.2 Å². The number of carbonyl (C=O) groups is 2. The highest BCUT2D eigenvalue weighted by molar-refractivity contribution is 6.33. The van der Waals surface area contributed by atoms with Gasteiger partial charge in [0.25, 0.3) is 0 Å². The van der Waals surface area contributed by atoms with E-state index in [1.54, 1.807) is 48.2 Å². The summed E-state index contributed by atoms with van der Waals surface area (Å²) < 4.78 is 13.4. The van der Waals surface area contributed by atoms with Crippen molar-refractivity contribution in [2.75, 3.05) is 16.8 Å². The maximum Gasteiger partial charge on any atom is 0.319 e. The Morgan fingerprint density at radius 1 is 1.28 bits per heavy atom. The van der Waals surface area contributed by atoms with Crippen LogP contribution in [0.1, 0.15) is 12.0 Å². The van der Waals surface area contributed by atoms with Crippen LogP contribution in [-0.2, 0) is 4.79 Å². The van der Waals surface area contributed by atoms with E-state index in [4.69, 9.17) is 11.6 Å². The van der Waals surface area contributed by atoms with E-state index >= 15 is 0 Å². The van der Waals surface area contributed by atoms with Gasteiger partial charge in [0.15, 0.2) is 0 Å². The van der Waals surface area contributed by atoms with Gasteiger partial charge in [0.2, 0.25) is 5.91 Å². The summed E-state index contributed by atoms with van der Waals surface area (Å²) in [6, 6.07) is 10.2. The molecule has 1 aliphatic heterocycles. The van der Waals surface area contributed by atoms with Crippen LogP contribution in [-0.4, -0.2) is 24.5 Å². The van der Waals surface area contributed by atoms with E-state index in [9.17, 15) is 14.0 Å². The van der Waals surface area contributed by atoms with Gasteiger partial charge in [-0.15, -0.1) is 0 Å². The number of anilines is 2. The molecule has 1 heterocycles. The first kappa shape index (κ1) is 17.2. The zero-order chi connectivity index (χ0) is 18.0. The number of halogens is 2. The van der Waals surface area contributed by atoms with E-state index in [0.717, 1.165) is 0 Å². The predicted molar refractivity (Wildman–Crippen MR) is 95.5 cm³/mol. The number of nitrogens with one attached hydrogen (secondary N) is 2. The average Bonchev–Trinajstić information content (AvgIpc) is 2.93. The molecule has 0 saturated carbocycles. The molecule has 1 aliphatic rings. The fourth-order valence-corrected chi connectivity index (χ4v) is 2.93. The van der Waals surface area contributed by atoms with Crippen LogP contribution in [0.25, 0.3) is 0 Å². The topological polar surface area (TPSA) is 61.4 Å². The molecule has 0 bridgehead atoms. The van der Waals surface area contributed by atoms with Crippen molar-refractivity contribution in [1.82, 2.24) is 5.32 Å². The van der Waals surface area contributed by atoms with Crippen LogP contribution in [0, 0.1) is 12.7 Å². The number of hydrogen-bond acceptors (Lipinski definition) is 2. The highest BCUT2D eigenvalue weighted by Gasteiger charge is 2.33. The van der Waals surface area contributed by atoms with Crippen LogP contribution in [0.15, 0.2) is 42.5 Å². The molecule has 0 radical (unpaired) electrons. The van der Waals surface area contributed by atoms with Crippen LogP contribution in [0.3, 0.4) is 0 Å². The molecule has 0 aromatic heterocycles. The molecule has 0 spiro atoms. The zero-order valence-electron chi connectivity index (χ0n) is 13.6. The first-order valence-electron chi connectivity index (χ1n) is 7.85. The molecule has 1 saturated heterocycles. The van der Waals surface area contributed by atoms with Crippen molar-refractivity contribution in [1.29, 1.82) is 0 Å². The lowest BCUT2D eigenvalue weighted by molar-refractivity contribution is -0.118. The van der Waals surface area contributed by atoms with Crippen molar-refractivity contribution in [3.05, 3.63) is 58.9 Å². The lowest BCUT2D eigenvalue weighted by Gasteiger charge is -2.18. The van der Waals surface area contributed by atoms with Crippen molar-refractivity contribution in [2.45, 2.75) is 19.4 Å². The van der Waals surface area contributed by atoms with Crippen LogP contribution < -0.4 is 15.5 Å². The number of amides is 3. The van der Waals surface area contributed by atoms with Gasteiger partial charge in [-0.3, -0.25) is 4.79 Å². The third-order valence-electron chi connectivity index (χ3n) is 4.09. The van der Waals surface area contributed by atoms with E-state index in [0.29, 0.717) is 34.9 Å². The van der Waals surface area contributed by atoms with Crippen molar-refractivity contribution in [3.63, 3.8) is 0 Å². The number of para-hydroxylation sites is 1. The SMILES string of the molecule is Cc1cc(N2CCC(NC(=O)Nc3ccccc3Cl)C2=O)ccc1F. The molecule has 130 valence electrons. The lowest BCUT2D eigenvalue weighted by atomic mass is 10.2. The van der Waals surface area contributed by atoms with Crippen molar-refractivity contribution < 1.29 is 14.0 Å². The molecule has 0 aliphatic carbocycles. The quantitative estimate of drug-likeness (QED) is 0.875. The Hall–Kier alpha value is -2.60. The maximum atomic E-state index is 13.4. The number of hydrogen-bond donors (Lipinski definition) is 2. The molecule has 1 unspecified atom stereocenters. The number of aryl methyl sites for hydroxylation is 1. The summed E-state index contributed by atoms with van der Waals surface area (Å²) in [5.74, 6) is -0.537. The standard InChI is InChI=1S/C18H17ClFN3O2/c1-11-10-12(6-7-14(11)20)23-9-8-16(17(23)24)22-18(25)21-15-5-3-2-4-13(15)19/h2-7,10,16H,8-9H2,1H3,(H2,21,22,25). The zero-order valence-corrected chi connectivity index (χ0v) is 14.3. The Balaban J connectivity index is 1.65. The third kappa shape index (κ3) is 3.74. The molecular weight excluding hydrogens is 345 g/mol. The summed E-state index contributed by atoms with van der Waals surface area (Å²) >= 11 is 6.00. The second-order valence-electron chi connectivity index (χ2n) is 5.84. The fourth-order valence-electron chi connectivity index (χ4n) is 2.75. The monoisotopic (exact) mass is 361 g/mol. The van der Waals surface area contributed by atoms with Crippen molar-refractivity contribution in [2.24, 2.45) is 0 Å². The number of urea groups is 1. The van der Waals surface area contributed by atoms with E-state index in [1.165, 1.54) is 6.07 Å². The van der Waals surface area contributed by atoms with Crippen molar-refractivity contribution >= 4 is 34.9 Å². The predicted octanol–water partition coefficient (Wildman–Crippen LogP) is 3.71. The molecule has 5 nitrogen and oxygen atoms in total. The highest BCUT2D eigenvalue weighted by Crippen LogP contribution is 2.24. The Kier molecular flexibility index (Phi) is 4.90. The smallest absolute Gasteiger partial charge is 0.319 e. The van der Waals surface area contributed by atoms with Gasteiger partial charge in [-0.25, -0.2) is 9.18 Å². The summed E-state index contributed by atoms with van der Waals surface area (Å²) in [6.45, 7) is 2.10. The van der Waals surface area contributed by atoms with Crippen molar-refractivity contribution in [3.8, 4) is 0 Å². The molecule has 3 rings (SSSR count). The Labute approximate surface area is 149 Å². The largest absolute Gasteiger partial charge is 0.326 e. The molecular formula is C18H17ClFN3O2. The number of benzene rings is 2. The van der Waals surface area contributed by atoms with Crippen LogP contribution in [0.2, 0.25) is 5.02 Å². The minimum atomic E-state index is -0.632. The van der Waals surface area contributed by atoms with E-state index in [2.05, 4.69) is 10.6 Å². The number of nitrogens with zero attached hydrogens (tertiary/aromatic N) is 1. The summed E-state index contributed by atoms with van der Waals surface area (Å²) in [4.78, 5) is 26.2. The molecule has 2 N–H and O–H groups in total. The van der Waals surface area contributed by atoms with Crippen LogP contribution >= 0.6 is 11.6 Å². The summed E-state index contributed by atoms with van der Waals surface area (Å²) in [7, 11) is 0. The summed E-state index contributed by atoms with van der Waals surface area (Å²) in [5, 5.41) is 5.70. The Morgan fingerprint density at radius 2 is 2.04 bits per heavy atom. The Bertz CT molecular complexity index is 828. The van der Waals surface area contributed by atoms with Gasteiger partial charge in [0.05, 0.1) is 10.7 Å². The van der Waals surface area contributed by atoms with Gasteiger partial charge in [-0.2, -0.15) is 0 Å². The first-order valence-corrected chi connectivity index (χ1v) is 8.23. The Morgan fingerprint density at radius 3 is 2.76 bits per heavy atom. The molecule has 2 aromatic carbocycles. The highest BCUT2D eigenvalue weighted by atomic mass is 35.5. The van der Waals surface area contributed by atoms with E-state index < -0.39 is 12.1 Å². The van der Waals surface area contributed by atoms with Gasteiger partial charge in [0.1, 0.15) is 11.9 Å². The normalized spacial score (nSPS) is 16.8. The molecule has 1 atom stereocenters. The second-order valence-corrected chi connectivity index (χ2v) is 6.25. The summed E-state index contributed by atoms with van der Waals surface area (Å²) in [6.07, 6.45) is 0.477.